The third-order valence-corrected chi connectivity index (χ3v) is 3.08. The summed E-state index contributed by atoms with van der Waals surface area (Å²) in [5.41, 5.74) is 3.38. The number of pyridine rings is 1. The highest BCUT2D eigenvalue weighted by atomic mass is 16.5. The molecule has 3 aromatic rings. The molecule has 0 unspecified atom stereocenters. The molecule has 0 aliphatic carbocycles. The summed E-state index contributed by atoms with van der Waals surface area (Å²) in [5, 5.41) is 0. The van der Waals surface area contributed by atoms with Gasteiger partial charge < -0.3 is 4.74 Å². The van der Waals surface area contributed by atoms with Crippen molar-refractivity contribution in [1.29, 1.82) is 0 Å². The molecule has 0 aliphatic heterocycles. The van der Waals surface area contributed by atoms with Crippen molar-refractivity contribution in [2.24, 2.45) is 0 Å². The van der Waals surface area contributed by atoms with Gasteiger partial charge in [-0.05, 0) is 29.3 Å². The van der Waals surface area contributed by atoms with E-state index in [0.29, 0.717) is 6.61 Å². The zero-order chi connectivity index (χ0) is 13.6. The van der Waals surface area contributed by atoms with Crippen LogP contribution in [0.2, 0.25) is 0 Å². The quantitative estimate of drug-likeness (QED) is 0.697. The largest absolute Gasteiger partial charge is 0.489 e. The highest BCUT2D eigenvalue weighted by Crippen LogP contribution is 2.23. The van der Waals surface area contributed by atoms with Crippen molar-refractivity contribution < 1.29 is 4.74 Å². The van der Waals surface area contributed by atoms with Crippen LogP contribution in [-0.2, 0) is 6.61 Å². The van der Waals surface area contributed by atoms with Crippen molar-refractivity contribution >= 4 is 0 Å². The molecule has 20 heavy (non-hydrogen) atoms. The first-order valence-corrected chi connectivity index (χ1v) is 6.59. The molecule has 0 bridgehead atoms. The third-order valence-electron chi connectivity index (χ3n) is 3.08. The lowest BCUT2D eigenvalue weighted by Gasteiger charge is -2.08. The second-order valence-electron chi connectivity index (χ2n) is 4.54. The molecule has 2 heteroatoms. The minimum atomic E-state index is 0.581. The second-order valence-corrected chi connectivity index (χ2v) is 4.54. The van der Waals surface area contributed by atoms with Crippen LogP contribution in [0.25, 0.3) is 11.1 Å². The van der Waals surface area contributed by atoms with Crippen LogP contribution in [0.1, 0.15) is 5.56 Å². The Morgan fingerprint density at radius 3 is 2.45 bits per heavy atom. The van der Waals surface area contributed by atoms with Gasteiger partial charge in [0.2, 0.25) is 0 Å². The van der Waals surface area contributed by atoms with E-state index in [1.54, 1.807) is 6.20 Å². The maximum atomic E-state index is 5.83. The molecule has 0 radical (unpaired) electrons. The van der Waals surface area contributed by atoms with Crippen molar-refractivity contribution in [1.82, 2.24) is 4.98 Å². The molecule has 0 spiro atoms. The maximum absolute atomic E-state index is 5.83. The Bertz CT molecular complexity index is 665. The Labute approximate surface area is 118 Å². The Hall–Kier alpha value is -2.61. The molecular formula is C18H15NO. The van der Waals surface area contributed by atoms with Gasteiger partial charge in [0.25, 0.3) is 0 Å². The smallest absolute Gasteiger partial charge is 0.120 e. The van der Waals surface area contributed by atoms with Crippen LogP contribution in [-0.4, -0.2) is 4.98 Å². The van der Waals surface area contributed by atoms with E-state index in [1.165, 1.54) is 5.56 Å². The summed E-state index contributed by atoms with van der Waals surface area (Å²) < 4.78 is 5.83. The van der Waals surface area contributed by atoms with Gasteiger partial charge in [-0.15, -0.1) is 0 Å². The van der Waals surface area contributed by atoms with Gasteiger partial charge in [0.1, 0.15) is 12.4 Å². The fourth-order valence-electron chi connectivity index (χ4n) is 2.04. The van der Waals surface area contributed by atoms with Crippen LogP contribution in [0.15, 0.2) is 79.1 Å². The van der Waals surface area contributed by atoms with Gasteiger partial charge in [-0.25, -0.2) is 0 Å². The minimum Gasteiger partial charge on any atom is -0.489 e. The lowest BCUT2D eigenvalue weighted by Crippen LogP contribution is -1.95. The van der Waals surface area contributed by atoms with Gasteiger partial charge in [-0.2, -0.15) is 0 Å². The summed E-state index contributed by atoms with van der Waals surface area (Å²) in [7, 11) is 0. The van der Waals surface area contributed by atoms with E-state index in [-0.39, 0.29) is 0 Å². The first-order valence-electron chi connectivity index (χ1n) is 6.59. The summed E-state index contributed by atoms with van der Waals surface area (Å²) in [6, 6.07) is 22.2. The van der Waals surface area contributed by atoms with E-state index in [0.717, 1.165) is 16.9 Å². The molecule has 3 rings (SSSR count). The molecule has 0 saturated heterocycles. The van der Waals surface area contributed by atoms with Crippen LogP contribution in [0.3, 0.4) is 0 Å². The Morgan fingerprint density at radius 2 is 1.65 bits per heavy atom. The topological polar surface area (TPSA) is 22.1 Å². The monoisotopic (exact) mass is 261 g/mol. The standard InChI is InChI=1S/C18H15NO/c1-2-6-15(7-3-1)14-20-18-10-4-8-16(12-18)17-9-5-11-19-13-17/h1-13H,14H2. The molecular weight excluding hydrogens is 246 g/mol. The SMILES string of the molecule is c1ccc(COc2cccc(-c3cccnc3)c2)cc1. The molecule has 0 fully saturated rings. The second kappa shape index (κ2) is 6.02. The van der Waals surface area contributed by atoms with Crippen LogP contribution in [0, 0.1) is 0 Å². The van der Waals surface area contributed by atoms with Crippen molar-refractivity contribution in [3.63, 3.8) is 0 Å². The van der Waals surface area contributed by atoms with Crippen LogP contribution >= 0.6 is 0 Å². The average molecular weight is 261 g/mol. The van der Waals surface area contributed by atoms with E-state index < -0.39 is 0 Å². The van der Waals surface area contributed by atoms with Crippen LogP contribution < -0.4 is 4.74 Å². The number of hydrogen-bond donors (Lipinski definition) is 0. The van der Waals surface area contributed by atoms with E-state index in [9.17, 15) is 0 Å². The van der Waals surface area contributed by atoms with Gasteiger partial charge in [0.15, 0.2) is 0 Å². The van der Waals surface area contributed by atoms with E-state index in [1.807, 2.05) is 54.7 Å². The molecule has 0 N–H and O–H groups in total. The minimum absolute atomic E-state index is 0.581. The summed E-state index contributed by atoms with van der Waals surface area (Å²) >= 11 is 0. The van der Waals surface area contributed by atoms with E-state index >= 15 is 0 Å². The number of aromatic nitrogens is 1. The van der Waals surface area contributed by atoms with Gasteiger partial charge >= 0.3 is 0 Å². The van der Waals surface area contributed by atoms with Crippen LogP contribution in [0.5, 0.6) is 5.75 Å². The molecule has 2 nitrogen and oxygen atoms in total. The number of hydrogen-bond acceptors (Lipinski definition) is 2. The van der Waals surface area contributed by atoms with Gasteiger partial charge in [0.05, 0.1) is 0 Å². The summed E-state index contributed by atoms with van der Waals surface area (Å²) in [4.78, 5) is 4.14. The highest BCUT2D eigenvalue weighted by molar-refractivity contribution is 5.63. The summed E-state index contributed by atoms with van der Waals surface area (Å²) in [6.45, 7) is 0.581. The maximum Gasteiger partial charge on any atom is 0.120 e. The first-order chi connectivity index (χ1) is 9.92. The van der Waals surface area contributed by atoms with E-state index in [4.69, 9.17) is 4.74 Å². The molecule has 0 saturated carbocycles. The van der Waals surface area contributed by atoms with Crippen molar-refractivity contribution in [2.75, 3.05) is 0 Å². The molecule has 98 valence electrons. The fourth-order valence-corrected chi connectivity index (χ4v) is 2.04. The number of nitrogens with zero attached hydrogens (tertiary/aromatic N) is 1. The van der Waals surface area contributed by atoms with Crippen molar-refractivity contribution in [3.05, 3.63) is 84.7 Å². The van der Waals surface area contributed by atoms with Gasteiger partial charge in [-0.3, -0.25) is 4.98 Å². The Balaban J connectivity index is 1.75. The lowest BCUT2D eigenvalue weighted by atomic mass is 10.1. The predicted molar refractivity (Wildman–Crippen MR) is 80.4 cm³/mol. The zero-order valence-corrected chi connectivity index (χ0v) is 11.1. The molecule has 2 aromatic carbocycles. The van der Waals surface area contributed by atoms with Gasteiger partial charge in [0, 0.05) is 18.0 Å². The highest BCUT2D eigenvalue weighted by Gasteiger charge is 2.00. The van der Waals surface area contributed by atoms with E-state index in [2.05, 4.69) is 23.2 Å². The van der Waals surface area contributed by atoms with Crippen molar-refractivity contribution in [2.45, 2.75) is 6.61 Å². The number of ether oxygens (including phenoxy) is 1. The number of rotatable bonds is 4. The average Bonchev–Trinajstić information content (AvgIpc) is 2.55. The first kappa shape index (κ1) is 12.4. The third kappa shape index (κ3) is 3.04. The lowest BCUT2D eigenvalue weighted by molar-refractivity contribution is 0.306. The van der Waals surface area contributed by atoms with Crippen molar-refractivity contribution in [3.8, 4) is 16.9 Å². The summed E-state index contributed by atoms with van der Waals surface area (Å²) in [5.74, 6) is 0.871. The fraction of sp³-hybridized carbons (Fsp3) is 0.0556. The Morgan fingerprint density at radius 1 is 0.800 bits per heavy atom. The summed E-state index contributed by atoms with van der Waals surface area (Å²) in [6.07, 6.45) is 3.63. The number of benzene rings is 2. The molecule has 0 aliphatic rings. The zero-order valence-electron chi connectivity index (χ0n) is 11.1. The van der Waals surface area contributed by atoms with Gasteiger partial charge in [-0.1, -0.05) is 48.5 Å². The normalized spacial score (nSPS) is 10.2. The predicted octanol–water partition coefficient (Wildman–Crippen LogP) is 4.33. The Kier molecular flexibility index (Phi) is 3.74. The molecule has 0 atom stereocenters. The van der Waals surface area contributed by atoms with Crippen LogP contribution in [0.4, 0.5) is 0 Å². The molecule has 0 amide bonds. The molecule has 1 heterocycles. The molecule has 1 aromatic heterocycles.